The highest BCUT2D eigenvalue weighted by molar-refractivity contribution is 5.42. The van der Waals surface area contributed by atoms with Crippen LogP contribution in [-0.2, 0) is 4.74 Å². The first-order valence-corrected chi connectivity index (χ1v) is 5.98. The summed E-state index contributed by atoms with van der Waals surface area (Å²) in [5.74, 6) is 5.77. The predicted octanol–water partition coefficient (Wildman–Crippen LogP) is 0.764. The molecule has 100 valence electrons. The van der Waals surface area contributed by atoms with Crippen molar-refractivity contribution >= 4 is 11.8 Å². The van der Waals surface area contributed by atoms with E-state index < -0.39 is 5.82 Å². The summed E-state index contributed by atoms with van der Waals surface area (Å²) in [6, 6.07) is 0. The van der Waals surface area contributed by atoms with Crippen LogP contribution >= 0.6 is 0 Å². The molecule has 1 aromatic heterocycles. The molecule has 18 heavy (non-hydrogen) atoms. The van der Waals surface area contributed by atoms with Crippen molar-refractivity contribution in [2.75, 3.05) is 37.1 Å². The van der Waals surface area contributed by atoms with Crippen LogP contribution in [0.1, 0.15) is 12.8 Å². The minimum Gasteiger partial charge on any atom is -0.381 e. The number of rotatable bonds is 4. The number of hydrazine groups is 1. The molecular weight excluding hydrogens is 237 g/mol. The standard InChI is InChI=1S/C11H18FN5O/c1-17(7-8-2-4-18-5-3-8)10-9(12)6-14-11(15-10)16-13/h6,8H,2-5,7,13H2,1H3,(H,14,15,16). The number of nitrogen functional groups attached to an aromatic ring is 1. The average molecular weight is 255 g/mol. The molecule has 1 saturated heterocycles. The first-order chi connectivity index (χ1) is 8.70. The van der Waals surface area contributed by atoms with Gasteiger partial charge in [0, 0.05) is 26.8 Å². The lowest BCUT2D eigenvalue weighted by atomic mass is 10.00. The largest absolute Gasteiger partial charge is 0.381 e. The Kier molecular flexibility index (Phi) is 4.27. The Morgan fingerprint density at radius 3 is 2.94 bits per heavy atom. The van der Waals surface area contributed by atoms with Crippen LogP contribution in [0.5, 0.6) is 0 Å². The molecule has 6 nitrogen and oxygen atoms in total. The van der Waals surface area contributed by atoms with Crippen LogP contribution in [-0.4, -0.2) is 36.8 Å². The molecule has 0 spiro atoms. The summed E-state index contributed by atoms with van der Waals surface area (Å²) in [5, 5.41) is 0. The molecule has 7 heteroatoms. The maximum Gasteiger partial charge on any atom is 0.239 e. The zero-order valence-corrected chi connectivity index (χ0v) is 10.4. The van der Waals surface area contributed by atoms with Crippen LogP contribution < -0.4 is 16.2 Å². The lowest BCUT2D eigenvalue weighted by Gasteiger charge is -2.27. The van der Waals surface area contributed by atoms with Gasteiger partial charge in [-0.15, -0.1) is 0 Å². The summed E-state index contributed by atoms with van der Waals surface area (Å²) >= 11 is 0. The number of anilines is 2. The van der Waals surface area contributed by atoms with Crippen LogP contribution in [0.15, 0.2) is 6.20 Å². The van der Waals surface area contributed by atoms with Gasteiger partial charge >= 0.3 is 0 Å². The van der Waals surface area contributed by atoms with Crippen molar-refractivity contribution < 1.29 is 9.13 Å². The summed E-state index contributed by atoms with van der Waals surface area (Å²) in [7, 11) is 1.82. The molecule has 0 radical (unpaired) electrons. The van der Waals surface area contributed by atoms with E-state index in [4.69, 9.17) is 10.6 Å². The van der Waals surface area contributed by atoms with E-state index in [0.717, 1.165) is 38.8 Å². The van der Waals surface area contributed by atoms with E-state index >= 15 is 0 Å². The maximum atomic E-state index is 13.7. The van der Waals surface area contributed by atoms with Crippen LogP contribution in [0.2, 0.25) is 0 Å². The molecule has 0 aliphatic carbocycles. The molecule has 0 amide bonds. The lowest BCUT2D eigenvalue weighted by Crippen LogP contribution is -2.31. The van der Waals surface area contributed by atoms with E-state index in [1.165, 1.54) is 0 Å². The summed E-state index contributed by atoms with van der Waals surface area (Å²) < 4.78 is 19.0. The van der Waals surface area contributed by atoms with Crippen molar-refractivity contribution in [2.24, 2.45) is 11.8 Å². The van der Waals surface area contributed by atoms with Crippen molar-refractivity contribution in [3.63, 3.8) is 0 Å². The number of ether oxygens (including phenoxy) is 1. The van der Waals surface area contributed by atoms with Gasteiger partial charge in [-0.3, -0.25) is 5.43 Å². The number of halogens is 1. The van der Waals surface area contributed by atoms with Crippen LogP contribution in [0, 0.1) is 11.7 Å². The molecule has 3 N–H and O–H groups in total. The number of nitrogens with one attached hydrogen (secondary N) is 1. The second-order valence-corrected chi connectivity index (χ2v) is 4.45. The predicted molar refractivity (Wildman–Crippen MR) is 66.6 cm³/mol. The highest BCUT2D eigenvalue weighted by atomic mass is 19.1. The summed E-state index contributed by atoms with van der Waals surface area (Å²) in [4.78, 5) is 9.55. The minimum atomic E-state index is -0.441. The number of hydrogen-bond acceptors (Lipinski definition) is 6. The van der Waals surface area contributed by atoms with Crippen molar-refractivity contribution in [2.45, 2.75) is 12.8 Å². The molecule has 1 aromatic rings. The number of nitrogens with two attached hydrogens (primary N) is 1. The van der Waals surface area contributed by atoms with Gasteiger partial charge in [-0.05, 0) is 18.8 Å². The zero-order chi connectivity index (χ0) is 13.0. The molecule has 0 bridgehead atoms. The Hall–Kier alpha value is -1.47. The molecule has 2 rings (SSSR count). The number of aromatic nitrogens is 2. The Morgan fingerprint density at radius 2 is 2.28 bits per heavy atom. The molecule has 2 heterocycles. The van der Waals surface area contributed by atoms with E-state index in [-0.39, 0.29) is 11.8 Å². The van der Waals surface area contributed by atoms with E-state index in [1.54, 1.807) is 4.90 Å². The Balaban J connectivity index is 2.04. The molecule has 0 atom stereocenters. The Morgan fingerprint density at radius 1 is 1.56 bits per heavy atom. The van der Waals surface area contributed by atoms with Gasteiger partial charge in [0.05, 0.1) is 6.20 Å². The van der Waals surface area contributed by atoms with Gasteiger partial charge in [-0.1, -0.05) is 0 Å². The number of hydrogen-bond donors (Lipinski definition) is 2. The van der Waals surface area contributed by atoms with E-state index in [2.05, 4.69) is 15.4 Å². The molecular formula is C11H18FN5O. The third-order valence-electron chi connectivity index (χ3n) is 3.09. The zero-order valence-electron chi connectivity index (χ0n) is 10.4. The van der Waals surface area contributed by atoms with Gasteiger partial charge in [0.25, 0.3) is 0 Å². The van der Waals surface area contributed by atoms with Gasteiger partial charge in [0.1, 0.15) is 0 Å². The van der Waals surface area contributed by atoms with Crippen LogP contribution in [0.25, 0.3) is 0 Å². The molecule has 0 unspecified atom stereocenters. The molecule has 1 fully saturated rings. The van der Waals surface area contributed by atoms with Gasteiger partial charge in [-0.25, -0.2) is 15.2 Å². The summed E-state index contributed by atoms with van der Waals surface area (Å²) in [6.07, 6.45) is 3.12. The fourth-order valence-electron chi connectivity index (χ4n) is 2.10. The van der Waals surface area contributed by atoms with E-state index in [1.807, 2.05) is 7.05 Å². The SMILES string of the molecule is CN(CC1CCOCC1)c1nc(NN)ncc1F. The highest BCUT2D eigenvalue weighted by Crippen LogP contribution is 2.21. The van der Waals surface area contributed by atoms with Gasteiger partial charge < -0.3 is 9.64 Å². The second-order valence-electron chi connectivity index (χ2n) is 4.45. The molecule has 0 saturated carbocycles. The first kappa shape index (κ1) is 13.0. The van der Waals surface area contributed by atoms with Gasteiger partial charge in [0.15, 0.2) is 11.6 Å². The summed E-state index contributed by atoms with van der Waals surface area (Å²) in [6.45, 7) is 2.31. The van der Waals surface area contributed by atoms with Crippen molar-refractivity contribution in [3.8, 4) is 0 Å². The van der Waals surface area contributed by atoms with Crippen molar-refractivity contribution in [1.29, 1.82) is 0 Å². The molecule has 1 aliphatic heterocycles. The van der Waals surface area contributed by atoms with Crippen molar-refractivity contribution in [1.82, 2.24) is 9.97 Å². The fraction of sp³-hybridized carbons (Fsp3) is 0.636. The molecule has 0 aromatic carbocycles. The third kappa shape index (κ3) is 3.05. The number of nitrogens with zero attached hydrogens (tertiary/aromatic N) is 3. The van der Waals surface area contributed by atoms with E-state index in [0.29, 0.717) is 5.92 Å². The van der Waals surface area contributed by atoms with Crippen molar-refractivity contribution in [3.05, 3.63) is 12.0 Å². The highest BCUT2D eigenvalue weighted by Gasteiger charge is 2.18. The Bertz CT molecular complexity index is 397. The molecule has 1 aliphatic rings. The Labute approximate surface area is 105 Å². The van der Waals surface area contributed by atoms with E-state index in [9.17, 15) is 4.39 Å². The second kappa shape index (κ2) is 5.92. The monoisotopic (exact) mass is 255 g/mol. The van der Waals surface area contributed by atoms with Gasteiger partial charge in [0.2, 0.25) is 5.95 Å². The van der Waals surface area contributed by atoms with Gasteiger partial charge in [-0.2, -0.15) is 4.98 Å². The maximum absolute atomic E-state index is 13.7. The first-order valence-electron chi connectivity index (χ1n) is 5.98. The van der Waals surface area contributed by atoms with Crippen LogP contribution in [0.4, 0.5) is 16.2 Å². The minimum absolute atomic E-state index is 0.213. The topological polar surface area (TPSA) is 76.3 Å². The third-order valence-corrected chi connectivity index (χ3v) is 3.09. The lowest BCUT2D eigenvalue weighted by molar-refractivity contribution is 0.0684. The normalized spacial score (nSPS) is 16.6. The smallest absolute Gasteiger partial charge is 0.239 e. The average Bonchev–Trinajstić information content (AvgIpc) is 2.40. The van der Waals surface area contributed by atoms with Crippen LogP contribution in [0.3, 0.4) is 0 Å². The fourth-order valence-corrected chi connectivity index (χ4v) is 2.10. The summed E-state index contributed by atoms with van der Waals surface area (Å²) in [5.41, 5.74) is 2.32. The quantitative estimate of drug-likeness (QED) is 0.611.